The first kappa shape index (κ1) is 18.4. The van der Waals surface area contributed by atoms with Crippen LogP contribution in [-0.4, -0.2) is 39.2 Å². The first-order valence-electron chi connectivity index (χ1n) is 8.15. The molecule has 1 unspecified atom stereocenters. The predicted octanol–water partition coefficient (Wildman–Crippen LogP) is 3.47. The molecule has 0 radical (unpaired) electrons. The summed E-state index contributed by atoms with van der Waals surface area (Å²) in [6.07, 6.45) is -4.45. The van der Waals surface area contributed by atoms with Gasteiger partial charge in [0.2, 0.25) is 11.7 Å². The molecule has 3 rings (SSSR count). The number of likely N-dealkylation sites (tertiary alicyclic amines) is 1. The lowest BCUT2D eigenvalue weighted by molar-refractivity contribution is -0.142. The molecule has 0 bridgehead atoms. The summed E-state index contributed by atoms with van der Waals surface area (Å²) in [6.45, 7) is 4.60. The molecule has 3 atom stereocenters. The van der Waals surface area contributed by atoms with Gasteiger partial charge >= 0.3 is 12.1 Å². The Morgan fingerprint density at radius 3 is 2.73 bits per heavy atom. The van der Waals surface area contributed by atoms with Crippen molar-refractivity contribution < 1.29 is 27.6 Å². The standard InChI is InChI=1S/C17H18F3N3O3/c1-9-7-23(8-13(9)16(24)25)10(2)15-21-14(22-26-15)11-4-3-5-12(6-11)17(18,19)20/h3-6,9-10,13H,7-8H2,1-2H3,(H,24,25)/t9-,10?,13-/m1/s1. The summed E-state index contributed by atoms with van der Waals surface area (Å²) >= 11 is 0. The average molecular weight is 369 g/mol. The van der Waals surface area contributed by atoms with Gasteiger partial charge in [0.1, 0.15) is 0 Å². The number of aliphatic carboxylic acids is 1. The smallest absolute Gasteiger partial charge is 0.416 e. The summed E-state index contributed by atoms with van der Waals surface area (Å²) in [5.41, 5.74) is -0.577. The van der Waals surface area contributed by atoms with Crippen LogP contribution in [0.3, 0.4) is 0 Å². The highest BCUT2D eigenvalue weighted by Crippen LogP contribution is 2.33. The maximum atomic E-state index is 12.8. The van der Waals surface area contributed by atoms with Crippen molar-refractivity contribution in [3.8, 4) is 11.4 Å². The Bertz CT molecular complexity index is 806. The highest BCUT2D eigenvalue weighted by Gasteiger charge is 2.38. The van der Waals surface area contributed by atoms with E-state index in [4.69, 9.17) is 4.52 Å². The van der Waals surface area contributed by atoms with Gasteiger partial charge in [-0.15, -0.1) is 0 Å². The van der Waals surface area contributed by atoms with Crippen LogP contribution < -0.4 is 0 Å². The minimum atomic E-state index is -4.45. The second kappa shape index (κ2) is 6.71. The van der Waals surface area contributed by atoms with E-state index in [1.807, 2.05) is 11.8 Å². The van der Waals surface area contributed by atoms with Gasteiger partial charge < -0.3 is 9.63 Å². The van der Waals surface area contributed by atoms with Gasteiger partial charge in [-0.1, -0.05) is 24.2 Å². The van der Waals surface area contributed by atoms with E-state index >= 15 is 0 Å². The number of alkyl halides is 3. The van der Waals surface area contributed by atoms with Crippen molar-refractivity contribution in [2.75, 3.05) is 13.1 Å². The zero-order chi connectivity index (χ0) is 19.1. The maximum absolute atomic E-state index is 12.8. The molecule has 2 aromatic rings. The van der Waals surface area contributed by atoms with Crippen LogP contribution in [0.4, 0.5) is 13.2 Å². The molecule has 9 heteroatoms. The normalized spacial score (nSPS) is 22.5. The molecule has 1 saturated heterocycles. The monoisotopic (exact) mass is 369 g/mol. The van der Waals surface area contributed by atoms with Crippen LogP contribution in [-0.2, 0) is 11.0 Å². The molecule has 0 spiro atoms. The van der Waals surface area contributed by atoms with E-state index < -0.39 is 23.6 Å². The van der Waals surface area contributed by atoms with Gasteiger partial charge in [-0.3, -0.25) is 9.69 Å². The third kappa shape index (κ3) is 3.57. The lowest BCUT2D eigenvalue weighted by Crippen LogP contribution is -2.26. The zero-order valence-corrected chi connectivity index (χ0v) is 14.2. The zero-order valence-electron chi connectivity index (χ0n) is 14.2. The fourth-order valence-corrected chi connectivity index (χ4v) is 3.15. The van der Waals surface area contributed by atoms with Crippen LogP contribution in [0.15, 0.2) is 28.8 Å². The number of nitrogens with zero attached hydrogens (tertiary/aromatic N) is 3. The van der Waals surface area contributed by atoms with Crippen molar-refractivity contribution in [1.82, 2.24) is 15.0 Å². The van der Waals surface area contributed by atoms with Gasteiger partial charge in [0.05, 0.1) is 17.5 Å². The number of carboxylic acid groups (broad SMARTS) is 1. The van der Waals surface area contributed by atoms with Crippen molar-refractivity contribution in [3.05, 3.63) is 35.7 Å². The molecule has 6 nitrogen and oxygen atoms in total. The number of carbonyl (C=O) groups is 1. The van der Waals surface area contributed by atoms with Gasteiger partial charge in [0.25, 0.3) is 0 Å². The number of carboxylic acids is 1. The Balaban J connectivity index is 1.79. The molecule has 0 aliphatic carbocycles. The average Bonchev–Trinajstić information content (AvgIpc) is 3.20. The van der Waals surface area contributed by atoms with Gasteiger partial charge in [0.15, 0.2) is 0 Å². The minimum Gasteiger partial charge on any atom is -0.481 e. The van der Waals surface area contributed by atoms with E-state index in [9.17, 15) is 23.1 Å². The fraction of sp³-hybridized carbons (Fsp3) is 0.471. The summed E-state index contributed by atoms with van der Waals surface area (Å²) in [5.74, 6) is -1.01. The summed E-state index contributed by atoms with van der Waals surface area (Å²) in [5, 5.41) is 13.0. The minimum absolute atomic E-state index is 0.0131. The van der Waals surface area contributed by atoms with E-state index in [0.29, 0.717) is 13.1 Å². The molecule has 1 N–H and O–H groups in total. The van der Waals surface area contributed by atoms with Gasteiger partial charge in [-0.25, -0.2) is 0 Å². The van der Waals surface area contributed by atoms with E-state index in [0.717, 1.165) is 12.1 Å². The number of benzene rings is 1. The predicted molar refractivity (Wildman–Crippen MR) is 85.0 cm³/mol. The summed E-state index contributed by atoms with van der Waals surface area (Å²) in [7, 11) is 0. The van der Waals surface area contributed by atoms with E-state index in [1.54, 1.807) is 6.92 Å². The highest BCUT2D eigenvalue weighted by molar-refractivity contribution is 5.71. The summed E-state index contributed by atoms with van der Waals surface area (Å²) in [6, 6.07) is 4.39. The molecule has 1 fully saturated rings. The molecule has 1 aliphatic heterocycles. The number of hydrogen-bond acceptors (Lipinski definition) is 5. The van der Waals surface area contributed by atoms with Crippen LogP contribution >= 0.6 is 0 Å². The molecule has 1 aromatic carbocycles. The Morgan fingerprint density at radius 1 is 1.38 bits per heavy atom. The second-order valence-electron chi connectivity index (χ2n) is 6.59. The van der Waals surface area contributed by atoms with E-state index in [2.05, 4.69) is 10.1 Å². The Morgan fingerprint density at radius 2 is 2.12 bits per heavy atom. The largest absolute Gasteiger partial charge is 0.481 e. The SMILES string of the molecule is CC(c1nc(-c2cccc(C(F)(F)F)c2)no1)N1C[C@@H](C)[C@H](C(=O)O)C1. The summed E-state index contributed by atoms with van der Waals surface area (Å²) < 4.78 is 43.7. The molecule has 1 aliphatic rings. The quantitative estimate of drug-likeness (QED) is 0.889. The molecule has 0 amide bonds. The number of rotatable bonds is 4. The van der Waals surface area contributed by atoms with Gasteiger partial charge in [-0.2, -0.15) is 18.2 Å². The van der Waals surface area contributed by atoms with Crippen LogP contribution in [0, 0.1) is 11.8 Å². The van der Waals surface area contributed by atoms with Crippen molar-refractivity contribution in [2.45, 2.75) is 26.1 Å². The Hall–Kier alpha value is -2.42. The van der Waals surface area contributed by atoms with Crippen LogP contribution in [0.25, 0.3) is 11.4 Å². The third-order valence-electron chi connectivity index (χ3n) is 4.75. The van der Waals surface area contributed by atoms with Crippen LogP contribution in [0.1, 0.15) is 31.3 Å². The molecule has 2 heterocycles. The summed E-state index contributed by atoms with van der Waals surface area (Å²) in [4.78, 5) is 17.4. The Kier molecular flexibility index (Phi) is 4.74. The molecule has 26 heavy (non-hydrogen) atoms. The van der Waals surface area contributed by atoms with Crippen molar-refractivity contribution in [1.29, 1.82) is 0 Å². The van der Waals surface area contributed by atoms with E-state index in [1.165, 1.54) is 12.1 Å². The van der Waals surface area contributed by atoms with Crippen LogP contribution in [0.2, 0.25) is 0 Å². The van der Waals surface area contributed by atoms with Crippen molar-refractivity contribution in [3.63, 3.8) is 0 Å². The number of aromatic nitrogens is 2. The lowest BCUT2D eigenvalue weighted by Gasteiger charge is -2.20. The topological polar surface area (TPSA) is 79.5 Å². The molecule has 0 saturated carbocycles. The fourth-order valence-electron chi connectivity index (χ4n) is 3.15. The number of hydrogen-bond donors (Lipinski definition) is 1. The van der Waals surface area contributed by atoms with E-state index in [-0.39, 0.29) is 29.2 Å². The van der Waals surface area contributed by atoms with Gasteiger partial charge in [0, 0.05) is 18.7 Å². The molecule has 1 aromatic heterocycles. The maximum Gasteiger partial charge on any atom is 0.416 e. The van der Waals surface area contributed by atoms with Crippen LogP contribution in [0.5, 0.6) is 0 Å². The molecular weight excluding hydrogens is 351 g/mol. The Labute approximate surface area is 147 Å². The third-order valence-corrected chi connectivity index (χ3v) is 4.75. The van der Waals surface area contributed by atoms with Gasteiger partial charge in [-0.05, 0) is 25.0 Å². The highest BCUT2D eigenvalue weighted by atomic mass is 19.4. The van der Waals surface area contributed by atoms with Crippen molar-refractivity contribution in [2.24, 2.45) is 11.8 Å². The molecular formula is C17H18F3N3O3. The molecule has 140 valence electrons. The number of halogens is 3. The second-order valence-corrected chi connectivity index (χ2v) is 6.59. The lowest BCUT2D eigenvalue weighted by atomic mass is 9.99. The first-order chi connectivity index (χ1) is 12.2. The first-order valence-corrected chi connectivity index (χ1v) is 8.15. The van der Waals surface area contributed by atoms with Crippen molar-refractivity contribution >= 4 is 5.97 Å².